The van der Waals surface area contributed by atoms with E-state index in [-0.39, 0.29) is 10.9 Å². The van der Waals surface area contributed by atoms with Crippen molar-refractivity contribution in [3.63, 3.8) is 0 Å². The molecule has 0 fully saturated rings. The summed E-state index contributed by atoms with van der Waals surface area (Å²) in [5.74, 6) is -0.479. The van der Waals surface area contributed by atoms with Crippen LogP contribution in [0.3, 0.4) is 0 Å². The SMILES string of the molecule is COc1ccc2c(CC(=O)O)c(Br)c(=O)oc2c1. The van der Waals surface area contributed by atoms with Gasteiger partial charge in [-0.15, -0.1) is 0 Å². The standard InChI is InChI=1S/C12H9BrO5/c1-17-6-2-3-7-8(5-10(14)15)11(13)12(16)18-9(7)4-6/h2-4H,5H2,1H3,(H,14,15). The van der Waals surface area contributed by atoms with E-state index in [4.69, 9.17) is 14.3 Å². The summed E-state index contributed by atoms with van der Waals surface area (Å²) in [4.78, 5) is 22.4. The van der Waals surface area contributed by atoms with Crippen LogP contribution in [0.4, 0.5) is 0 Å². The van der Waals surface area contributed by atoms with Crippen molar-refractivity contribution in [2.45, 2.75) is 6.42 Å². The number of rotatable bonds is 3. The van der Waals surface area contributed by atoms with Crippen molar-refractivity contribution in [1.29, 1.82) is 0 Å². The second-order valence-electron chi connectivity index (χ2n) is 3.61. The number of methoxy groups -OCH3 is 1. The van der Waals surface area contributed by atoms with Gasteiger partial charge in [0, 0.05) is 11.5 Å². The summed E-state index contributed by atoms with van der Waals surface area (Å²) >= 11 is 3.06. The molecule has 0 aliphatic carbocycles. The molecule has 0 unspecified atom stereocenters. The van der Waals surface area contributed by atoms with Gasteiger partial charge in [-0.3, -0.25) is 4.79 Å². The molecule has 0 aliphatic rings. The van der Waals surface area contributed by atoms with Gasteiger partial charge in [-0.1, -0.05) is 0 Å². The molecule has 0 atom stereocenters. The largest absolute Gasteiger partial charge is 0.497 e. The normalized spacial score (nSPS) is 10.6. The molecule has 2 rings (SSSR count). The molecule has 1 N–H and O–H groups in total. The van der Waals surface area contributed by atoms with E-state index in [9.17, 15) is 9.59 Å². The number of carboxylic acid groups (broad SMARTS) is 1. The third-order valence-electron chi connectivity index (χ3n) is 2.49. The highest BCUT2D eigenvalue weighted by atomic mass is 79.9. The molecule has 2 aromatic rings. The summed E-state index contributed by atoms with van der Waals surface area (Å²) in [6, 6.07) is 4.90. The van der Waals surface area contributed by atoms with Crippen molar-refractivity contribution >= 4 is 32.9 Å². The number of hydrogen-bond acceptors (Lipinski definition) is 4. The molecule has 0 radical (unpaired) electrons. The molecule has 0 aliphatic heterocycles. The van der Waals surface area contributed by atoms with Gasteiger partial charge in [0.25, 0.3) is 0 Å². The van der Waals surface area contributed by atoms with Crippen molar-refractivity contribution in [3.05, 3.63) is 38.7 Å². The summed E-state index contributed by atoms with van der Waals surface area (Å²) in [6.07, 6.45) is -0.255. The summed E-state index contributed by atoms with van der Waals surface area (Å²) in [7, 11) is 1.50. The first kappa shape index (κ1) is 12.6. The van der Waals surface area contributed by atoms with Crippen LogP contribution in [0.15, 0.2) is 31.9 Å². The number of ether oxygens (including phenoxy) is 1. The van der Waals surface area contributed by atoms with Gasteiger partial charge in [-0.05, 0) is 33.6 Å². The van der Waals surface area contributed by atoms with E-state index in [2.05, 4.69) is 15.9 Å². The zero-order valence-corrected chi connectivity index (χ0v) is 11.0. The fourth-order valence-corrected chi connectivity index (χ4v) is 2.11. The minimum Gasteiger partial charge on any atom is -0.497 e. The highest BCUT2D eigenvalue weighted by Crippen LogP contribution is 2.27. The van der Waals surface area contributed by atoms with Crippen LogP contribution in [0.25, 0.3) is 11.0 Å². The van der Waals surface area contributed by atoms with Crippen LogP contribution in [0.5, 0.6) is 5.75 Å². The molecule has 0 amide bonds. The smallest absolute Gasteiger partial charge is 0.350 e. The molecule has 1 aromatic carbocycles. The fraction of sp³-hybridized carbons (Fsp3) is 0.167. The average Bonchev–Trinajstić information content (AvgIpc) is 2.33. The van der Waals surface area contributed by atoms with Gasteiger partial charge < -0.3 is 14.3 Å². The maximum atomic E-state index is 11.6. The topological polar surface area (TPSA) is 76.7 Å². The molecule has 18 heavy (non-hydrogen) atoms. The monoisotopic (exact) mass is 312 g/mol. The lowest BCUT2D eigenvalue weighted by Crippen LogP contribution is -2.09. The lowest BCUT2D eigenvalue weighted by molar-refractivity contribution is -0.136. The van der Waals surface area contributed by atoms with Crippen molar-refractivity contribution in [3.8, 4) is 5.75 Å². The van der Waals surface area contributed by atoms with Crippen LogP contribution in [-0.2, 0) is 11.2 Å². The quantitative estimate of drug-likeness (QED) is 0.879. The third-order valence-corrected chi connectivity index (χ3v) is 3.29. The molecule has 0 saturated heterocycles. The first-order valence-electron chi connectivity index (χ1n) is 5.04. The maximum Gasteiger partial charge on any atom is 0.350 e. The first-order valence-corrected chi connectivity index (χ1v) is 5.83. The second kappa shape index (κ2) is 4.81. The third kappa shape index (κ3) is 2.24. The molecule has 6 heteroatoms. The van der Waals surface area contributed by atoms with Crippen LogP contribution in [0.1, 0.15) is 5.56 Å². The Morgan fingerprint density at radius 1 is 1.50 bits per heavy atom. The van der Waals surface area contributed by atoms with Crippen molar-refractivity contribution < 1.29 is 19.1 Å². The summed E-state index contributed by atoms with van der Waals surface area (Å²) in [6.45, 7) is 0. The molecular formula is C12H9BrO5. The first-order chi connectivity index (χ1) is 8.52. The Morgan fingerprint density at radius 3 is 2.83 bits per heavy atom. The number of benzene rings is 1. The summed E-state index contributed by atoms with van der Waals surface area (Å²) in [5, 5.41) is 9.44. The average molecular weight is 313 g/mol. The van der Waals surface area contributed by atoms with Gasteiger partial charge in [0.05, 0.1) is 13.5 Å². The number of carboxylic acids is 1. The van der Waals surface area contributed by atoms with Crippen molar-refractivity contribution in [2.24, 2.45) is 0 Å². The molecule has 5 nitrogen and oxygen atoms in total. The zero-order chi connectivity index (χ0) is 13.3. The van der Waals surface area contributed by atoms with Crippen molar-refractivity contribution in [1.82, 2.24) is 0 Å². The van der Waals surface area contributed by atoms with Crippen LogP contribution < -0.4 is 10.4 Å². The summed E-state index contributed by atoms with van der Waals surface area (Å²) < 4.78 is 10.2. The Balaban J connectivity index is 2.77. The molecular weight excluding hydrogens is 304 g/mol. The molecule has 0 bridgehead atoms. The highest BCUT2D eigenvalue weighted by molar-refractivity contribution is 9.10. The van der Waals surface area contributed by atoms with E-state index in [0.29, 0.717) is 22.3 Å². The second-order valence-corrected chi connectivity index (χ2v) is 4.41. The van der Waals surface area contributed by atoms with E-state index in [0.717, 1.165) is 0 Å². The number of aliphatic carboxylic acids is 1. The van der Waals surface area contributed by atoms with Crippen LogP contribution in [-0.4, -0.2) is 18.2 Å². The Bertz CT molecular complexity index is 674. The van der Waals surface area contributed by atoms with Crippen LogP contribution >= 0.6 is 15.9 Å². The van der Waals surface area contributed by atoms with E-state index >= 15 is 0 Å². The molecule has 1 aromatic heterocycles. The van der Waals surface area contributed by atoms with Crippen LogP contribution in [0, 0.1) is 0 Å². The lowest BCUT2D eigenvalue weighted by Gasteiger charge is -2.07. The minimum atomic E-state index is -1.02. The van der Waals surface area contributed by atoms with Gasteiger partial charge in [-0.25, -0.2) is 4.79 Å². The number of halogens is 1. The fourth-order valence-electron chi connectivity index (χ4n) is 1.67. The minimum absolute atomic E-state index is 0.141. The molecule has 94 valence electrons. The Morgan fingerprint density at radius 2 is 2.22 bits per heavy atom. The predicted octanol–water partition coefficient (Wildman–Crippen LogP) is 2.19. The summed E-state index contributed by atoms with van der Waals surface area (Å²) in [5.41, 5.74) is 0.0993. The number of hydrogen-bond donors (Lipinski definition) is 1. The lowest BCUT2D eigenvalue weighted by atomic mass is 10.1. The Kier molecular flexibility index (Phi) is 3.38. The predicted molar refractivity (Wildman–Crippen MR) is 68.1 cm³/mol. The van der Waals surface area contributed by atoms with Gasteiger partial charge in [0.2, 0.25) is 0 Å². The van der Waals surface area contributed by atoms with E-state index < -0.39 is 11.6 Å². The Labute approximate surface area is 110 Å². The Hall–Kier alpha value is -1.82. The molecule has 0 saturated carbocycles. The van der Waals surface area contributed by atoms with Crippen molar-refractivity contribution in [2.75, 3.05) is 7.11 Å². The molecule has 1 heterocycles. The van der Waals surface area contributed by atoms with Gasteiger partial charge >= 0.3 is 11.6 Å². The highest BCUT2D eigenvalue weighted by Gasteiger charge is 2.15. The number of fused-ring (bicyclic) bond motifs is 1. The van der Waals surface area contributed by atoms with Gasteiger partial charge in [0.1, 0.15) is 15.8 Å². The van der Waals surface area contributed by atoms with Gasteiger partial charge in [-0.2, -0.15) is 0 Å². The van der Waals surface area contributed by atoms with E-state index in [1.54, 1.807) is 18.2 Å². The zero-order valence-electron chi connectivity index (χ0n) is 9.40. The number of carbonyl (C=O) groups is 1. The van der Waals surface area contributed by atoms with E-state index in [1.807, 2.05) is 0 Å². The maximum absolute atomic E-state index is 11.6. The van der Waals surface area contributed by atoms with E-state index in [1.165, 1.54) is 7.11 Å². The van der Waals surface area contributed by atoms with Crippen LogP contribution in [0.2, 0.25) is 0 Å². The molecule has 0 spiro atoms. The van der Waals surface area contributed by atoms with Gasteiger partial charge in [0.15, 0.2) is 0 Å².